The smallest absolute Gasteiger partial charge is 0.116 e. The first kappa shape index (κ1) is 7.54. The standard InChI is InChI=1S/C7H14N2O/c1-10-6-9-7-4-2-3-5-8-7/h2-6H2,1H3,(H,8,9). The molecule has 3 heteroatoms. The van der Waals surface area contributed by atoms with E-state index in [1.807, 2.05) is 0 Å². The number of aliphatic imine (C=N–C) groups is 1. The second-order valence-corrected chi connectivity index (χ2v) is 2.40. The van der Waals surface area contributed by atoms with Gasteiger partial charge in [-0.15, -0.1) is 0 Å². The Morgan fingerprint density at radius 3 is 3.10 bits per heavy atom. The van der Waals surface area contributed by atoms with Crippen LogP contribution in [-0.4, -0.2) is 26.2 Å². The summed E-state index contributed by atoms with van der Waals surface area (Å²) in [5.74, 6) is 1.10. The Morgan fingerprint density at radius 2 is 2.50 bits per heavy atom. The van der Waals surface area contributed by atoms with Crippen molar-refractivity contribution in [1.29, 1.82) is 0 Å². The highest BCUT2D eigenvalue weighted by atomic mass is 16.5. The highest BCUT2D eigenvalue weighted by molar-refractivity contribution is 5.82. The number of nitrogens with zero attached hydrogens (tertiary/aromatic N) is 1. The Morgan fingerprint density at radius 1 is 1.60 bits per heavy atom. The maximum atomic E-state index is 4.85. The minimum absolute atomic E-state index is 0.582. The SMILES string of the molecule is COCNC1=NCCCC1. The molecule has 10 heavy (non-hydrogen) atoms. The van der Waals surface area contributed by atoms with E-state index in [1.54, 1.807) is 7.11 Å². The summed E-state index contributed by atoms with van der Waals surface area (Å²) in [5.41, 5.74) is 0. The maximum Gasteiger partial charge on any atom is 0.116 e. The van der Waals surface area contributed by atoms with Crippen LogP contribution in [0.25, 0.3) is 0 Å². The second-order valence-electron chi connectivity index (χ2n) is 2.40. The number of amidine groups is 1. The Bertz CT molecular complexity index is 123. The van der Waals surface area contributed by atoms with Gasteiger partial charge in [0.15, 0.2) is 0 Å². The fourth-order valence-electron chi connectivity index (χ4n) is 0.997. The van der Waals surface area contributed by atoms with Gasteiger partial charge in [-0.2, -0.15) is 0 Å². The molecule has 58 valence electrons. The number of rotatable bonds is 2. The van der Waals surface area contributed by atoms with Crippen LogP contribution in [0.4, 0.5) is 0 Å². The lowest BCUT2D eigenvalue weighted by atomic mass is 10.2. The molecule has 1 rings (SSSR count). The number of ether oxygens (including phenoxy) is 1. The van der Waals surface area contributed by atoms with E-state index in [-0.39, 0.29) is 0 Å². The van der Waals surface area contributed by atoms with E-state index in [4.69, 9.17) is 4.74 Å². The number of hydrogen-bond donors (Lipinski definition) is 1. The summed E-state index contributed by atoms with van der Waals surface area (Å²) in [6.07, 6.45) is 3.58. The van der Waals surface area contributed by atoms with Crippen molar-refractivity contribution in [3.8, 4) is 0 Å². The Labute approximate surface area is 61.5 Å². The normalized spacial score (nSPS) is 18.3. The van der Waals surface area contributed by atoms with Gasteiger partial charge in [0.05, 0.1) is 5.84 Å². The van der Waals surface area contributed by atoms with E-state index in [2.05, 4.69) is 10.3 Å². The zero-order chi connectivity index (χ0) is 7.23. The van der Waals surface area contributed by atoms with Gasteiger partial charge < -0.3 is 10.1 Å². The molecule has 1 heterocycles. The summed E-state index contributed by atoms with van der Waals surface area (Å²) in [6, 6.07) is 0. The van der Waals surface area contributed by atoms with Gasteiger partial charge in [-0.1, -0.05) is 0 Å². The van der Waals surface area contributed by atoms with Crippen molar-refractivity contribution in [1.82, 2.24) is 5.32 Å². The number of methoxy groups -OCH3 is 1. The summed E-state index contributed by atoms with van der Waals surface area (Å²) in [4.78, 5) is 4.29. The third-order valence-electron chi connectivity index (χ3n) is 1.54. The molecule has 3 nitrogen and oxygen atoms in total. The molecule has 0 saturated carbocycles. The molecule has 0 aromatic rings. The molecule has 0 aromatic carbocycles. The average molecular weight is 142 g/mol. The van der Waals surface area contributed by atoms with E-state index in [1.165, 1.54) is 12.8 Å². The fourth-order valence-corrected chi connectivity index (χ4v) is 0.997. The molecule has 0 unspecified atom stereocenters. The number of hydrogen-bond acceptors (Lipinski definition) is 3. The molecule has 0 aliphatic carbocycles. The third kappa shape index (κ3) is 2.35. The molecule has 0 saturated heterocycles. The summed E-state index contributed by atoms with van der Waals surface area (Å²) in [6.45, 7) is 1.56. The fraction of sp³-hybridized carbons (Fsp3) is 0.857. The lowest BCUT2D eigenvalue weighted by Gasteiger charge is -2.12. The summed E-state index contributed by atoms with van der Waals surface area (Å²) < 4.78 is 4.85. The monoisotopic (exact) mass is 142 g/mol. The van der Waals surface area contributed by atoms with Crippen molar-refractivity contribution >= 4 is 5.84 Å². The molecular formula is C7H14N2O. The lowest BCUT2D eigenvalue weighted by molar-refractivity contribution is 0.191. The number of nitrogens with one attached hydrogen (secondary N) is 1. The molecule has 1 aliphatic rings. The van der Waals surface area contributed by atoms with Gasteiger partial charge in [0.25, 0.3) is 0 Å². The van der Waals surface area contributed by atoms with Crippen LogP contribution in [0.3, 0.4) is 0 Å². The van der Waals surface area contributed by atoms with Crippen molar-refractivity contribution in [3.63, 3.8) is 0 Å². The van der Waals surface area contributed by atoms with Crippen molar-refractivity contribution in [2.45, 2.75) is 19.3 Å². The van der Waals surface area contributed by atoms with Gasteiger partial charge in [0.2, 0.25) is 0 Å². The van der Waals surface area contributed by atoms with Crippen LogP contribution < -0.4 is 5.32 Å². The van der Waals surface area contributed by atoms with Gasteiger partial charge in [0.1, 0.15) is 6.73 Å². The van der Waals surface area contributed by atoms with E-state index in [0.717, 1.165) is 18.8 Å². The minimum Gasteiger partial charge on any atom is -0.365 e. The van der Waals surface area contributed by atoms with E-state index < -0.39 is 0 Å². The molecule has 1 N–H and O–H groups in total. The van der Waals surface area contributed by atoms with Crippen LogP contribution in [0, 0.1) is 0 Å². The average Bonchev–Trinajstić information content (AvgIpc) is 2.03. The Balaban J connectivity index is 2.18. The molecule has 0 radical (unpaired) electrons. The zero-order valence-electron chi connectivity index (χ0n) is 6.39. The first-order chi connectivity index (χ1) is 4.93. The molecule has 0 fully saturated rings. The van der Waals surface area contributed by atoms with E-state index in [9.17, 15) is 0 Å². The van der Waals surface area contributed by atoms with Crippen LogP contribution in [-0.2, 0) is 4.74 Å². The van der Waals surface area contributed by atoms with Gasteiger partial charge in [-0.05, 0) is 12.8 Å². The van der Waals surface area contributed by atoms with Crippen LogP contribution in [0.5, 0.6) is 0 Å². The van der Waals surface area contributed by atoms with Crippen molar-refractivity contribution < 1.29 is 4.74 Å². The highest BCUT2D eigenvalue weighted by Gasteiger charge is 2.02. The first-order valence-electron chi connectivity index (χ1n) is 3.69. The Hall–Kier alpha value is -0.570. The second kappa shape index (κ2) is 4.28. The molecule has 0 bridgehead atoms. The predicted octanol–water partition coefficient (Wildman–Crippen LogP) is 0.762. The topological polar surface area (TPSA) is 33.6 Å². The first-order valence-corrected chi connectivity index (χ1v) is 3.69. The van der Waals surface area contributed by atoms with Crippen LogP contribution in [0.1, 0.15) is 19.3 Å². The van der Waals surface area contributed by atoms with Crippen molar-refractivity contribution in [2.24, 2.45) is 4.99 Å². The highest BCUT2D eigenvalue weighted by Crippen LogP contribution is 2.03. The van der Waals surface area contributed by atoms with E-state index in [0.29, 0.717) is 6.73 Å². The van der Waals surface area contributed by atoms with Gasteiger partial charge >= 0.3 is 0 Å². The quantitative estimate of drug-likeness (QED) is 0.577. The van der Waals surface area contributed by atoms with Crippen LogP contribution >= 0.6 is 0 Å². The maximum absolute atomic E-state index is 4.85. The van der Waals surface area contributed by atoms with Gasteiger partial charge in [-0.3, -0.25) is 4.99 Å². The molecule has 1 aliphatic heterocycles. The lowest BCUT2D eigenvalue weighted by Crippen LogP contribution is -2.27. The minimum atomic E-state index is 0.582. The molecule has 0 aromatic heterocycles. The molecular weight excluding hydrogens is 128 g/mol. The molecule has 0 spiro atoms. The molecule has 0 amide bonds. The summed E-state index contributed by atoms with van der Waals surface area (Å²) in [5, 5.41) is 3.10. The zero-order valence-corrected chi connectivity index (χ0v) is 6.39. The summed E-state index contributed by atoms with van der Waals surface area (Å²) in [7, 11) is 1.68. The summed E-state index contributed by atoms with van der Waals surface area (Å²) >= 11 is 0. The van der Waals surface area contributed by atoms with Crippen LogP contribution in [0.15, 0.2) is 4.99 Å². The van der Waals surface area contributed by atoms with Gasteiger partial charge in [-0.25, -0.2) is 0 Å². The molecule has 0 atom stereocenters. The Kier molecular flexibility index (Phi) is 3.22. The van der Waals surface area contributed by atoms with Crippen molar-refractivity contribution in [3.05, 3.63) is 0 Å². The van der Waals surface area contributed by atoms with Crippen LogP contribution in [0.2, 0.25) is 0 Å². The predicted molar refractivity (Wildman–Crippen MR) is 41.2 cm³/mol. The van der Waals surface area contributed by atoms with E-state index >= 15 is 0 Å². The van der Waals surface area contributed by atoms with Gasteiger partial charge in [0, 0.05) is 20.1 Å². The van der Waals surface area contributed by atoms with Crippen molar-refractivity contribution in [2.75, 3.05) is 20.4 Å². The third-order valence-corrected chi connectivity index (χ3v) is 1.54. The largest absolute Gasteiger partial charge is 0.365 e.